The van der Waals surface area contributed by atoms with Crippen LogP contribution in [-0.2, 0) is 9.63 Å². The summed E-state index contributed by atoms with van der Waals surface area (Å²) in [7, 11) is 0. The number of nitrogens with zero attached hydrogens (tertiary/aromatic N) is 1. The van der Waals surface area contributed by atoms with E-state index in [1.54, 1.807) is 12.1 Å². The van der Waals surface area contributed by atoms with E-state index in [-0.39, 0.29) is 22.6 Å². The van der Waals surface area contributed by atoms with Gasteiger partial charge in [0.15, 0.2) is 0 Å². The standard InChI is InChI=1S/C22H20F4N2O3/c23-17-6-1-2-7-19(17)28(31-21(30)22(24,25)26)20(29)15-5-3-4-14(10-15)16-11-18(16)27-12-13-8-9-13/h1-7,10,13,16,18,27H,8-9,11-12H2/t16-,18+/m0/s1. The Morgan fingerprint density at radius 2 is 1.84 bits per heavy atom. The quantitative estimate of drug-likeness (QED) is 0.541. The highest BCUT2D eigenvalue weighted by Gasteiger charge is 2.44. The van der Waals surface area contributed by atoms with Gasteiger partial charge in [-0.1, -0.05) is 24.3 Å². The summed E-state index contributed by atoms with van der Waals surface area (Å²) >= 11 is 0. The maximum absolute atomic E-state index is 14.2. The van der Waals surface area contributed by atoms with Crippen LogP contribution in [0.2, 0.25) is 0 Å². The Bertz CT molecular complexity index is 991. The predicted molar refractivity (Wildman–Crippen MR) is 104 cm³/mol. The van der Waals surface area contributed by atoms with Gasteiger partial charge in [0.1, 0.15) is 11.5 Å². The van der Waals surface area contributed by atoms with E-state index >= 15 is 0 Å². The molecular formula is C22H20F4N2O3. The highest BCUT2D eigenvalue weighted by Crippen LogP contribution is 2.42. The Balaban J connectivity index is 1.55. The SMILES string of the molecule is O=C(c1cccc([C@@H]2C[C@H]2NCC2CC2)c1)N(OC(=O)C(F)(F)F)c1ccccc1F. The van der Waals surface area contributed by atoms with E-state index in [9.17, 15) is 27.2 Å². The smallest absolute Gasteiger partial charge is 0.324 e. The average molecular weight is 436 g/mol. The minimum atomic E-state index is -5.35. The molecular weight excluding hydrogens is 416 g/mol. The van der Waals surface area contributed by atoms with Crippen molar-refractivity contribution in [3.63, 3.8) is 0 Å². The molecule has 0 bridgehead atoms. The Morgan fingerprint density at radius 1 is 1.10 bits per heavy atom. The third-order valence-electron chi connectivity index (χ3n) is 5.38. The molecule has 0 aliphatic heterocycles. The second-order valence-electron chi connectivity index (χ2n) is 7.85. The zero-order valence-corrected chi connectivity index (χ0v) is 16.4. The van der Waals surface area contributed by atoms with E-state index in [4.69, 9.17) is 0 Å². The number of para-hydroxylation sites is 1. The predicted octanol–water partition coefficient (Wildman–Crippen LogP) is 4.35. The van der Waals surface area contributed by atoms with Gasteiger partial charge in [0.25, 0.3) is 5.91 Å². The van der Waals surface area contributed by atoms with Crippen LogP contribution in [0.4, 0.5) is 23.2 Å². The molecule has 2 saturated carbocycles. The van der Waals surface area contributed by atoms with Crippen molar-refractivity contribution in [1.29, 1.82) is 0 Å². The molecule has 0 radical (unpaired) electrons. The highest BCUT2D eigenvalue weighted by atomic mass is 19.4. The zero-order valence-electron chi connectivity index (χ0n) is 16.4. The van der Waals surface area contributed by atoms with Crippen LogP contribution in [0.15, 0.2) is 48.5 Å². The van der Waals surface area contributed by atoms with Gasteiger partial charge in [-0.05, 0) is 61.6 Å². The summed E-state index contributed by atoms with van der Waals surface area (Å²) in [5.74, 6) is -3.79. The van der Waals surface area contributed by atoms with Gasteiger partial charge >= 0.3 is 12.1 Å². The minimum absolute atomic E-state index is 0.0106. The highest BCUT2D eigenvalue weighted by molar-refractivity contribution is 6.06. The van der Waals surface area contributed by atoms with Gasteiger partial charge in [0.05, 0.1) is 0 Å². The van der Waals surface area contributed by atoms with Gasteiger partial charge in [0.2, 0.25) is 0 Å². The first-order valence-electron chi connectivity index (χ1n) is 9.95. The molecule has 1 amide bonds. The first-order valence-corrected chi connectivity index (χ1v) is 9.95. The molecule has 2 aliphatic rings. The van der Waals surface area contributed by atoms with Crippen LogP contribution in [0.25, 0.3) is 0 Å². The van der Waals surface area contributed by atoms with E-state index in [1.165, 1.54) is 31.0 Å². The molecule has 2 aromatic carbocycles. The number of hydrogen-bond acceptors (Lipinski definition) is 4. The van der Waals surface area contributed by atoms with Crippen LogP contribution >= 0.6 is 0 Å². The number of carbonyl (C=O) groups excluding carboxylic acids is 2. The third kappa shape index (κ3) is 5.04. The lowest BCUT2D eigenvalue weighted by Gasteiger charge is -2.22. The lowest BCUT2D eigenvalue weighted by Crippen LogP contribution is -2.39. The molecule has 31 heavy (non-hydrogen) atoms. The van der Waals surface area contributed by atoms with E-state index in [1.807, 2.05) is 6.07 Å². The van der Waals surface area contributed by atoms with Crippen molar-refractivity contribution in [2.24, 2.45) is 5.92 Å². The molecule has 2 atom stereocenters. The number of rotatable bonds is 6. The minimum Gasteiger partial charge on any atom is -0.324 e. The van der Waals surface area contributed by atoms with Crippen molar-refractivity contribution in [3.8, 4) is 0 Å². The molecule has 9 heteroatoms. The second kappa shape index (κ2) is 8.30. The Hall–Kier alpha value is -2.94. The third-order valence-corrected chi connectivity index (χ3v) is 5.38. The molecule has 0 unspecified atom stereocenters. The summed E-state index contributed by atoms with van der Waals surface area (Å²) in [6.45, 7) is 0.953. The number of benzene rings is 2. The van der Waals surface area contributed by atoms with Gasteiger partial charge in [0, 0.05) is 17.5 Å². The molecule has 2 fully saturated rings. The second-order valence-corrected chi connectivity index (χ2v) is 7.85. The maximum atomic E-state index is 14.2. The number of carbonyl (C=O) groups is 2. The lowest BCUT2D eigenvalue weighted by molar-refractivity contribution is -0.200. The van der Waals surface area contributed by atoms with Crippen LogP contribution in [0, 0.1) is 11.7 Å². The van der Waals surface area contributed by atoms with Crippen molar-refractivity contribution < 1.29 is 32.0 Å². The monoisotopic (exact) mass is 436 g/mol. The van der Waals surface area contributed by atoms with E-state index < -0.39 is 29.6 Å². The van der Waals surface area contributed by atoms with Crippen molar-refractivity contribution in [2.45, 2.75) is 37.4 Å². The molecule has 0 aromatic heterocycles. The van der Waals surface area contributed by atoms with Crippen molar-refractivity contribution in [3.05, 3.63) is 65.5 Å². The van der Waals surface area contributed by atoms with Crippen LogP contribution in [-0.4, -0.2) is 30.6 Å². The molecule has 5 nitrogen and oxygen atoms in total. The first kappa shape index (κ1) is 21.3. The van der Waals surface area contributed by atoms with Crippen LogP contribution in [0.3, 0.4) is 0 Å². The fraction of sp³-hybridized carbons (Fsp3) is 0.364. The summed E-state index contributed by atoms with van der Waals surface area (Å²) in [4.78, 5) is 28.6. The Morgan fingerprint density at radius 3 is 2.52 bits per heavy atom. The molecule has 4 rings (SSSR count). The molecule has 0 heterocycles. The Labute approximate surface area is 175 Å². The van der Waals surface area contributed by atoms with Crippen molar-refractivity contribution >= 4 is 17.6 Å². The average Bonchev–Trinajstić information content (AvgIpc) is 3.65. The summed E-state index contributed by atoms with van der Waals surface area (Å²) in [5.41, 5.74) is 0.240. The molecule has 2 aromatic rings. The number of halogens is 4. The summed E-state index contributed by atoms with van der Waals surface area (Å²) in [6, 6.07) is 11.3. The maximum Gasteiger partial charge on any atom is 0.493 e. The largest absolute Gasteiger partial charge is 0.493 e. The summed E-state index contributed by atoms with van der Waals surface area (Å²) in [6.07, 6.45) is -1.99. The van der Waals surface area contributed by atoms with Crippen LogP contribution in [0.1, 0.15) is 41.1 Å². The molecule has 0 saturated heterocycles. The molecule has 1 N–H and O–H groups in total. The van der Waals surface area contributed by atoms with Crippen LogP contribution < -0.4 is 10.4 Å². The molecule has 0 spiro atoms. The van der Waals surface area contributed by atoms with Crippen LogP contribution in [0.5, 0.6) is 0 Å². The molecule has 164 valence electrons. The fourth-order valence-electron chi connectivity index (χ4n) is 3.40. The molecule has 2 aliphatic carbocycles. The summed E-state index contributed by atoms with van der Waals surface area (Å²) < 4.78 is 52.4. The summed E-state index contributed by atoms with van der Waals surface area (Å²) in [5, 5.41) is 3.53. The number of alkyl halides is 3. The number of amides is 1. The first-order chi connectivity index (χ1) is 14.7. The van der Waals surface area contributed by atoms with E-state index in [0.29, 0.717) is 0 Å². The Kier molecular flexibility index (Phi) is 5.70. The topological polar surface area (TPSA) is 58.6 Å². The number of hydroxylamine groups is 1. The van der Waals surface area contributed by atoms with Crippen molar-refractivity contribution in [1.82, 2.24) is 5.32 Å². The van der Waals surface area contributed by atoms with Gasteiger partial charge in [-0.25, -0.2) is 9.18 Å². The lowest BCUT2D eigenvalue weighted by atomic mass is 10.1. The fourth-order valence-corrected chi connectivity index (χ4v) is 3.40. The zero-order chi connectivity index (χ0) is 22.2. The van der Waals surface area contributed by atoms with Gasteiger partial charge in [-0.15, -0.1) is 5.06 Å². The number of anilines is 1. The van der Waals surface area contributed by atoms with E-state index in [0.717, 1.165) is 36.6 Å². The van der Waals surface area contributed by atoms with E-state index in [2.05, 4.69) is 10.2 Å². The number of hydrogen-bond donors (Lipinski definition) is 1. The normalized spacial score (nSPS) is 20.3. The van der Waals surface area contributed by atoms with Gasteiger partial charge in [-0.2, -0.15) is 13.2 Å². The van der Waals surface area contributed by atoms with Gasteiger partial charge < -0.3 is 10.2 Å². The van der Waals surface area contributed by atoms with Gasteiger partial charge in [-0.3, -0.25) is 4.79 Å². The van der Waals surface area contributed by atoms with Crippen molar-refractivity contribution in [2.75, 3.05) is 11.6 Å². The number of nitrogens with one attached hydrogen (secondary N) is 1.